The zero-order valence-corrected chi connectivity index (χ0v) is 15.4. The maximum atomic E-state index is 12.2. The van der Waals surface area contributed by atoms with Crippen LogP contribution in [0.2, 0.25) is 0 Å². The number of carbonyl (C=O) groups is 1. The summed E-state index contributed by atoms with van der Waals surface area (Å²) in [6, 6.07) is 11.6. The molecule has 2 aromatic heterocycles. The molecule has 2 heterocycles. The molecule has 1 amide bonds. The molecule has 0 radical (unpaired) electrons. The molecule has 0 aliphatic rings. The molecule has 0 unspecified atom stereocenters. The van der Waals surface area contributed by atoms with Gasteiger partial charge in [-0.15, -0.1) is 15.3 Å². The Labute approximate surface area is 153 Å². The number of nitrogens with zero attached hydrogens (tertiary/aromatic N) is 5. The number of benzene rings is 1. The van der Waals surface area contributed by atoms with Crippen molar-refractivity contribution in [3.63, 3.8) is 0 Å². The van der Waals surface area contributed by atoms with Gasteiger partial charge in [0.2, 0.25) is 5.91 Å². The van der Waals surface area contributed by atoms with Crippen molar-refractivity contribution in [2.75, 3.05) is 23.3 Å². The van der Waals surface area contributed by atoms with E-state index in [9.17, 15) is 4.79 Å². The van der Waals surface area contributed by atoms with Gasteiger partial charge in [-0.05, 0) is 45.0 Å². The average molecular weight is 352 g/mol. The van der Waals surface area contributed by atoms with E-state index in [2.05, 4.69) is 39.4 Å². The van der Waals surface area contributed by atoms with Gasteiger partial charge in [-0.2, -0.15) is 4.52 Å². The lowest BCUT2D eigenvalue weighted by Gasteiger charge is -2.19. The molecule has 3 rings (SSSR count). The summed E-state index contributed by atoms with van der Waals surface area (Å²) < 4.78 is 1.73. The summed E-state index contributed by atoms with van der Waals surface area (Å²) in [5.74, 6) is 1.52. The van der Waals surface area contributed by atoms with Gasteiger partial charge in [0.25, 0.3) is 0 Å². The van der Waals surface area contributed by atoms with E-state index in [4.69, 9.17) is 0 Å². The molecule has 7 heteroatoms. The summed E-state index contributed by atoms with van der Waals surface area (Å²) in [7, 11) is 0. The molecule has 0 spiro atoms. The maximum absolute atomic E-state index is 12.2. The van der Waals surface area contributed by atoms with Crippen LogP contribution in [0.3, 0.4) is 0 Å². The fourth-order valence-electron chi connectivity index (χ4n) is 2.78. The van der Waals surface area contributed by atoms with Crippen LogP contribution in [0, 0.1) is 6.92 Å². The summed E-state index contributed by atoms with van der Waals surface area (Å²) in [5.41, 5.74) is 2.65. The highest BCUT2D eigenvalue weighted by Crippen LogP contribution is 2.13. The number of hydrogen-bond donors (Lipinski definition) is 1. The first-order chi connectivity index (χ1) is 12.6. The van der Waals surface area contributed by atoms with E-state index in [1.165, 1.54) is 0 Å². The number of nitrogens with one attached hydrogen (secondary N) is 1. The lowest BCUT2D eigenvalue weighted by atomic mass is 10.2. The first kappa shape index (κ1) is 17.8. The van der Waals surface area contributed by atoms with E-state index in [1.54, 1.807) is 4.52 Å². The summed E-state index contributed by atoms with van der Waals surface area (Å²) in [6.07, 6.45) is 0.805. The Hall–Kier alpha value is -2.96. The lowest BCUT2D eigenvalue weighted by molar-refractivity contribution is -0.116. The molecule has 0 atom stereocenters. The monoisotopic (exact) mass is 352 g/mol. The minimum Gasteiger partial charge on any atom is -0.356 e. The lowest BCUT2D eigenvalue weighted by Crippen LogP contribution is -2.23. The van der Waals surface area contributed by atoms with Crippen molar-refractivity contribution in [2.24, 2.45) is 0 Å². The van der Waals surface area contributed by atoms with Crippen LogP contribution in [-0.2, 0) is 11.2 Å². The van der Waals surface area contributed by atoms with Gasteiger partial charge in [0.15, 0.2) is 11.5 Å². The smallest absolute Gasteiger partial charge is 0.224 e. The highest BCUT2D eigenvalue weighted by atomic mass is 16.1. The average Bonchev–Trinajstić information content (AvgIpc) is 3.05. The Bertz CT molecular complexity index is 883. The predicted molar refractivity (Wildman–Crippen MR) is 102 cm³/mol. The fraction of sp³-hybridized carbons (Fsp3) is 0.368. The number of amides is 1. The van der Waals surface area contributed by atoms with Crippen LogP contribution in [-0.4, -0.2) is 38.8 Å². The van der Waals surface area contributed by atoms with Crippen LogP contribution >= 0.6 is 0 Å². The summed E-state index contributed by atoms with van der Waals surface area (Å²) in [5, 5.41) is 15.9. The Morgan fingerprint density at radius 1 is 1.08 bits per heavy atom. The summed E-state index contributed by atoms with van der Waals surface area (Å²) in [4.78, 5) is 14.4. The molecule has 1 N–H and O–H groups in total. The Kier molecular flexibility index (Phi) is 5.46. The van der Waals surface area contributed by atoms with Crippen molar-refractivity contribution in [3.05, 3.63) is 47.8 Å². The zero-order chi connectivity index (χ0) is 18.5. The molecule has 136 valence electrons. The van der Waals surface area contributed by atoms with Crippen LogP contribution in [0.1, 0.15) is 31.7 Å². The van der Waals surface area contributed by atoms with Crippen LogP contribution in [0.15, 0.2) is 36.4 Å². The van der Waals surface area contributed by atoms with Crippen LogP contribution in [0.25, 0.3) is 5.65 Å². The largest absolute Gasteiger partial charge is 0.356 e. The second-order valence-corrected chi connectivity index (χ2v) is 6.16. The molecule has 0 bridgehead atoms. The number of rotatable bonds is 7. The van der Waals surface area contributed by atoms with E-state index < -0.39 is 0 Å². The molecular formula is C19H24N6O. The molecule has 0 aliphatic heterocycles. The van der Waals surface area contributed by atoms with Gasteiger partial charge >= 0.3 is 0 Å². The normalized spacial score (nSPS) is 10.9. The van der Waals surface area contributed by atoms with Gasteiger partial charge in [0.1, 0.15) is 5.82 Å². The molecule has 0 saturated heterocycles. The quantitative estimate of drug-likeness (QED) is 0.708. The standard InChI is InChI=1S/C19H24N6O/c1-4-24(5-2)18-11-10-16-21-22-17(25(16)23-18)12-13-19(26)20-15-8-6-14(3)7-9-15/h6-11H,4-5,12-13H2,1-3H3,(H,20,26). The van der Waals surface area contributed by atoms with Gasteiger partial charge in [0.05, 0.1) is 0 Å². The third kappa shape index (κ3) is 3.99. The van der Waals surface area contributed by atoms with E-state index in [0.717, 1.165) is 30.2 Å². The van der Waals surface area contributed by atoms with Gasteiger partial charge in [-0.1, -0.05) is 17.7 Å². The zero-order valence-electron chi connectivity index (χ0n) is 15.4. The van der Waals surface area contributed by atoms with E-state index in [-0.39, 0.29) is 5.91 Å². The minimum absolute atomic E-state index is 0.0505. The summed E-state index contributed by atoms with van der Waals surface area (Å²) >= 11 is 0. The Morgan fingerprint density at radius 2 is 1.81 bits per heavy atom. The third-order valence-corrected chi connectivity index (χ3v) is 4.31. The molecule has 0 saturated carbocycles. The Morgan fingerprint density at radius 3 is 2.50 bits per heavy atom. The van der Waals surface area contributed by atoms with Crippen molar-refractivity contribution in [1.82, 2.24) is 19.8 Å². The number of hydrogen-bond acceptors (Lipinski definition) is 5. The number of aromatic nitrogens is 4. The van der Waals surface area contributed by atoms with E-state index >= 15 is 0 Å². The van der Waals surface area contributed by atoms with E-state index in [0.29, 0.717) is 24.3 Å². The Balaban J connectivity index is 1.69. The SMILES string of the molecule is CCN(CC)c1ccc2nnc(CCC(=O)Nc3ccc(C)cc3)n2n1. The van der Waals surface area contributed by atoms with Crippen molar-refractivity contribution in [2.45, 2.75) is 33.6 Å². The topological polar surface area (TPSA) is 75.4 Å². The second-order valence-electron chi connectivity index (χ2n) is 6.16. The first-order valence-electron chi connectivity index (χ1n) is 8.93. The number of carbonyl (C=O) groups excluding carboxylic acids is 1. The van der Waals surface area contributed by atoms with Crippen LogP contribution < -0.4 is 10.2 Å². The molecule has 0 aliphatic carbocycles. The highest BCUT2D eigenvalue weighted by Gasteiger charge is 2.12. The molecular weight excluding hydrogens is 328 g/mol. The summed E-state index contributed by atoms with van der Waals surface area (Å²) in [6.45, 7) is 7.97. The maximum Gasteiger partial charge on any atom is 0.224 e. The van der Waals surface area contributed by atoms with Crippen molar-refractivity contribution < 1.29 is 4.79 Å². The van der Waals surface area contributed by atoms with Crippen LogP contribution in [0.4, 0.5) is 11.5 Å². The predicted octanol–water partition coefficient (Wildman–Crippen LogP) is 2.85. The van der Waals surface area contributed by atoms with Gasteiger partial charge in [0, 0.05) is 31.6 Å². The fourth-order valence-corrected chi connectivity index (χ4v) is 2.78. The number of anilines is 2. The third-order valence-electron chi connectivity index (χ3n) is 4.31. The second kappa shape index (κ2) is 7.95. The molecule has 1 aromatic carbocycles. The molecule has 0 fully saturated rings. The minimum atomic E-state index is -0.0505. The van der Waals surface area contributed by atoms with Crippen LogP contribution in [0.5, 0.6) is 0 Å². The highest BCUT2D eigenvalue weighted by molar-refractivity contribution is 5.90. The molecule has 7 nitrogen and oxygen atoms in total. The molecule has 26 heavy (non-hydrogen) atoms. The van der Waals surface area contributed by atoms with Gasteiger partial charge in [-0.3, -0.25) is 4.79 Å². The number of fused-ring (bicyclic) bond motifs is 1. The van der Waals surface area contributed by atoms with Gasteiger partial charge < -0.3 is 10.2 Å². The van der Waals surface area contributed by atoms with Crippen molar-refractivity contribution >= 4 is 23.1 Å². The first-order valence-corrected chi connectivity index (χ1v) is 8.93. The van der Waals surface area contributed by atoms with Gasteiger partial charge in [-0.25, -0.2) is 0 Å². The molecule has 3 aromatic rings. The van der Waals surface area contributed by atoms with E-state index in [1.807, 2.05) is 43.3 Å². The number of aryl methyl sites for hydroxylation is 2. The van der Waals surface area contributed by atoms with Crippen molar-refractivity contribution in [3.8, 4) is 0 Å². The van der Waals surface area contributed by atoms with Crippen molar-refractivity contribution in [1.29, 1.82) is 0 Å².